The van der Waals surface area contributed by atoms with E-state index in [0.29, 0.717) is 28.4 Å². The molecule has 0 fully saturated rings. The van der Waals surface area contributed by atoms with Gasteiger partial charge in [-0.05, 0) is 60.2 Å². The summed E-state index contributed by atoms with van der Waals surface area (Å²) >= 11 is 0. The second-order valence-electron chi connectivity index (χ2n) is 6.78. The van der Waals surface area contributed by atoms with Crippen LogP contribution in [0.4, 0.5) is 11.4 Å². The summed E-state index contributed by atoms with van der Waals surface area (Å²) in [5, 5.41) is 24.0. The van der Waals surface area contributed by atoms with Crippen LogP contribution < -0.4 is 20.1 Å². The first-order valence-electron chi connectivity index (χ1n) is 9.86. The number of rotatable bonds is 8. The molecule has 0 saturated heterocycles. The predicted octanol–water partition coefficient (Wildman–Crippen LogP) is 3.96. The van der Waals surface area contributed by atoms with Crippen molar-refractivity contribution in [3.63, 3.8) is 0 Å². The Balaban J connectivity index is 1.63. The molecule has 33 heavy (non-hydrogen) atoms. The number of nitriles is 1. The summed E-state index contributed by atoms with van der Waals surface area (Å²) in [6, 6.07) is 21.5. The summed E-state index contributed by atoms with van der Waals surface area (Å²) in [5.74, 6) is 0.0392. The van der Waals surface area contributed by atoms with Crippen LogP contribution in [-0.2, 0) is 9.59 Å². The third-order valence-corrected chi connectivity index (χ3v) is 4.41. The molecule has 3 aromatic carbocycles. The highest BCUT2D eigenvalue weighted by atomic mass is 16.5. The summed E-state index contributed by atoms with van der Waals surface area (Å²) in [6.45, 7) is -0.238. The molecule has 0 unspecified atom stereocenters. The average molecular weight is 443 g/mol. The Hall–Kier alpha value is -4.77. The third-order valence-electron chi connectivity index (χ3n) is 4.41. The van der Waals surface area contributed by atoms with Crippen LogP contribution in [-0.4, -0.2) is 30.6 Å². The number of nitrogens with zero attached hydrogens (tertiary/aromatic N) is 1. The first-order chi connectivity index (χ1) is 16.0. The van der Waals surface area contributed by atoms with Gasteiger partial charge in [-0.25, -0.2) is 0 Å². The van der Waals surface area contributed by atoms with Crippen LogP contribution in [0.5, 0.6) is 17.2 Å². The number of hydrogen-bond acceptors (Lipinski definition) is 6. The molecule has 0 aliphatic carbocycles. The number of methoxy groups -OCH3 is 1. The molecule has 0 aliphatic heterocycles. The van der Waals surface area contributed by atoms with Gasteiger partial charge in [-0.1, -0.05) is 24.3 Å². The maximum atomic E-state index is 12.4. The van der Waals surface area contributed by atoms with E-state index in [0.717, 1.165) is 0 Å². The third kappa shape index (κ3) is 6.60. The second kappa shape index (κ2) is 11.0. The standard InChI is InChI=1S/C25H21N3O5/c1-32-23-8-3-2-7-22(23)28-24(30)16-33-21-6-4-5-17(14-21)13-18(15-26)25(31)27-19-9-11-20(29)12-10-19/h2-14,29H,16H2,1H3,(H,27,31)(H,28,30). The number of carbonyl (C=O) groups excluding carboxylic acids is 2. The van der Waals surface area contributed by atoms with Crippen LogP contribution in [0.25, 0.3) is 6.08 Å². The first kappa shape index (κ1) is 22.9. The van der Waals surface area contributed by atoms with Gasteiger partial charge in [-0.2, -0.15) is 5.26 Å². The Morgan fingerprint density at radius 2 is 1.79 bits per heavy atom. The Bertz CT molecular complexity index is 1210. The molecule has 0 spiro atoms. The van der Waals surface area contributed by atoms with Gasteiger partial charge >= 0.3 is 0 Å². The number of benzene rings is 3. The highest BCUT2D eigenvalue weighted by Gasteiger charge is 2.11. The lowest BCUT2D eigenvalue weighted by molar-refractivity contribution is -0.118. The summed E-state index contributed by atoms with van der Waals surface area (Å²) in [4.78, 5) is 24.6. The Labute approximate surface area is 190 Å². The summed E-state index contributed by atoms with van der Waals surface area (Å²) < 4.78 is 10.7. The van der Waals surface area contributed by atoms with E-state index in [1.54, 1.807) is 48.5 Å². The van der Waals surface area contributed by atoms with Crippen LogP contribution >= 0.6 is 0 Å². The van der Waals surface area contributed by atoms with E-state index in [4.69, 9.17) is 9.47 Å². The van der Waals surface area contributed by atoms with Crippen molar-refractivity contribution in [2.24, 2.45) is 0 Å². The van der Waals surface area contributed by atoms with E-state index in [1.165, 1.54) is 37.5 Å². The van der Waals surface area contributed by atoms with Crippen molar-refractivity contribution in [2.75, 3.05) is 24.4 Å². The molecule has 0 heterocycles. The highest BCUT2D eigenvalue weighted by molar-refractivity contribution is 6.09. The Morgan fingerprint density at radius 3 is 2.52 bits per heavy atom. The van der Waals surface area contributed by atoms with Crippen molar-refractivity contribution in [2.45, 2.75) is 0 Å². The minimum Gasteiger partial charge on any atom is -0.508 e. The molecule has 3 rings (SSSR count). The molecular formula is C25H21N3O5. The molecule has 166 valence electrons. The number of carbonyl (C=O) groups is 2. The minimum atomic E-state index is -0.592. The molecule has 2 amide bonds. The van der Waals surface area contributed by atoms with E-state index in [9.17, 15) is 20.0 Å². The molecule has 0 bridgehead atoms. The van der Waals surface area contributed by atoms with Gasteiger partial charge in [0.05, 0.1) is 12.8 Å². The number of phenols is 1. The smallest absolute Gasteiger partial charge is 0.266 e. The number of anilines is 2. The van der Waals surface area contributed by atoms with Gasteiger partial charge in [-0.3, -0.25) is 9.59 Å². The second-order valence-corrected chi connectivity index (χ2v) is 6.78. The Morgan fingerprint density at radius 1 is 1.03 bits per heavy atom. The predicted molar refractivity (Wildman–Crippen MR) is 124 cm³/mol. The number of amides is 2. The monoisotopic (exact) mass is 443 g/mol. The quantitative estimate of drug-likeness (QED) is 0.275. The number of hydrogen-bond donors (Lipinski definition) is 3. The molecule has 0 saturated carbocycles. The van der Waals surface area contributed by atoms with Crippen molar-refractivity contribution in [1.29, 1.82) is 5.26 Å². The van der Waals surface area contributed by atoms with E-state index in [1.807, 2.05) is 6.07 Å². The highest BCUT2D eigenvalue weighted by Crippen LogP contribution is 2.23. The summed E-state index contributed by atoms with van der Waals surface area (Å²) in [6.07, 6.45) is 1.41. The minimum absolute atomic E-state index is 0.0671. The van der Waals surface area contributed by atoms with E-state index < -0.39 is 5.91 Å². The SMILES string of the molecule is COc1ccccc1NC(=O)COc1cccc(C=C(C#N)C(=O)Nc2ccc(O)cc2)c1. The molecule has 0 aromatic heterocycles. The van der Waals surface area contributed by atoms with Crippen LogP contribution in [0.2, 0.25) is 0 Å². The lowest BCUT2D eigenvalue weighted by Crippen LogP contribution is -2.20. The fraction of sp³-hybridized carbons (Fsp3) is 0.0800. The largest absolute Gasteiger partial charge is 0.508 e. The molecule has 0 radical (unpaired) electrons. The van der Waals surface area contributed by atoms with Crippen LogP contribution in [0, 0.1) is 11.3 Å². The summed E-state index contributed by atoms with van der Waals surface area (Å²) in [5.41, 5.74) is 1.41. The molecule has 0 atom stereocenters. The molecular weight excluding hydrogens is 422 g/mol. The lowest BCUT2D eigenvalue weighted by Gasteiger charge is -2.11. The van der Waals surface area contributed by atoms with Crippen molar-refractivity contribution in [1.82, 2.24) is 0 Å². The normalized spacial score (nSPS) is 10.6. The van der Waals surface area contributed by atoms with Crippen molar-refractivity contribution in [3.8, 4) is 23.3 Å². The fourth-order valence-electron chi connectivity index (χ4n) is 2.84. The van der Waals surface area contributed by atoms with Gasteiger partial charge < -0.3 is 25.2 Å². The van der Waals surface area contributed by atoms with Crippen molar-refractivity contribution in [3.05, 3.63) is 83.9 Å². The fourth-order valence-corrected chi connectivity index (χ4v) is 2.84. The zero-order chi connectivity index (χ0) is 23.6. The van der Waals surface area contributed by atoms with E-state index in [2.05, 4.69) is 10.6 Å². The van der Waals surface area contributed by atoms with E-state index in [-0.39, 0.29) is 23.8 Å². The van der Waals surface area contributed by atoms with Gasteiger partial charge in [-0.15, -0.1) is 0 Å². The van der Waals surface area contributed by atoms with Crippen molar-refractivity contribution < 1.29 is 24.2 Å². The molecule has 8 nitrogen and oxygen atoms in total. The number of phenolic OH excluding ortho intramolecular Hbond substituents is 1. The maximum absolute atomic E-state index is 12.4. The zero-order valence-corrected chi connectivity index (χ0v) is 17.7. The number of ether oxygens (including phenoxy) is 2. The van der Waals surface area contributed by atoms with E-state index >= 15 is 0 Å². The van der Waals surface area contributed by atoms with Crippen LogP contribution in [0.15, 0.2) is 78.4 Å². The maximum Gasteiger partial charge on any atom is 0.266 e. The average Bonchev–Trinajstić information content (AvgIpc) is 2.83. The molecule has 3 N–H and O–H groups in total. The topological polar surface area (TPSA) is 121 Å². The molecule has 3 aromatic rings. The van der Waals surface area contributed by atoms with Gasteiger partial charge in [0.25, 0.3) is 11.8 Å². The zero-order valence-electron chi connectivity index (χ0n) is 17.7. The lowest BCUT2D eigenvalue weighted by atomic mass is 10.1. The molecule has 8 heteroatoms. The van der Waals surface area contributed by atoms with Crippen LogP contribution in [0.3, 0.4) is 0 Å². The number of nitrogens with one attached hydrogen (secondary N) is 2. The van der Waals surface area contributed by atoms with Gasteiger partial charge in [0, 0.05) is 5.69 Å². The summed E-state index contributed by atoms with van der Waals surface area (Å²) in [7, 11) is 1.51. The molecule has 0 aliphatic rings. The number of para-hydroxylation sites is 2. The van der Waals surface area contributed by atoms with Gasteiger partial charge in [0.15, 0.2) is 6.61 Å². The Kier molecular flexibility index (Phi) is 7.65. The van der Waals surface area contributed by atoms with Gasteiger partial charge in [0.2, 0.25) is 0 Å². The number of aromatic hydroxyl groups is 1. The first-order valence-corrected chi connectivity index (χ1v) is 9.86. The van der Waals surface area contributed by atoms with Crippen LogP contribution in [0.1, 0.15) is 5.56 Å². The van der Waals surface area contributed by atoms with Crippen molar-refractivity contribution >= 4 is 29.3 Å². The van der Waals surface area contributed by atoms with Gasteiger partial charge in [0.1, 0.15) is 28.9 Å².